The first-order chi connectivity index (χ1) is 4.50. The summed E-state index contributed by atoms with van der Waals surface area (Å²) in [5.74, 6) is 0.787. The van der Waals surface area contributed by atoms with Crippen LogP contribution in [0.3, 0.4) is 0 Å². The van der Waals surface area contributed by atoms with Crippen molar-refractivity contribution in [3.63, 3.8) is 0 Å². The smallest absolute Gasteiger partial charge is 0.167 e. The Bertz CT molecular complexity index is 220. The summed E-state index contributed by atoms with van der Waals surface area (Å²) in [6.07, 6.45) is 0. The van der Waals surface area contributed by atoms with E-state index in [2.05, 4.69) is 36.2 Å². The average molecular weight is 140 g/mol. The molecule has 1 aromatic heterocycles. The number of hydrogen-bond donors (Lipinski definition) is 0. The third-order valence-electron chi connectivity index (χ3n) is 1.18. The van der Waals surface area contributed by atoms with Gasteiger partial charge < -0.3 is 0 Å². The SMILES string of the molecule is Cn1nnc(C(C)(C)C)n1. The van der Waals surface area contributed by atoms with Gasteiger partial charge in [0.05, 0.1) is 7.05 Å². The Labute approximate surface area is 60.2 Å². The molecule has 0 radical (unpaired) electrons. The van der Waals surface area contributed by atoms with E-state index in [1.807, 2.05) is 0 Å². The first kappa shape index (κ1) is 7.18. The van der Waals surface area contributed by atoms with Crippen LogP contribution in [0.25, 0.3) is 0 Å². The van der Waals surface area contributed by atoms with Crippen LogP contribution in [0.5, 0.6) is 0 Å². The molecule has 0 fully saturated rings. The van der Waals surface area contributed by atoms with Gasteiger partial charge in [0.2, 0.25) is 0 Å². The van der Waals surface area contributed by atoms with Crippen molar-refractivity contribution in [1.29, 1.82) is 0 Å². The number of hydrogen-bond acceptors (Lipinski definition) is 3. The molecule has 4 heteroatoms. The maximum Gasteiger partial charge on any atom is 0.180 e. The maximum absolute atomic E-state index is 4.08. The summed E-state index contributed by atoms with van der Waals surface area (Å²) in [7, 11) is 1.77. The average Bonchev–Trinajstić information content (AvgIpc) is 2.11. The minimum Gasteiger partial charge on any atom is -0.167 e. The van der Waals surface area contributed by atoms with Crippen molar-refractivity contribution >= 4 is 0 Å². The quantitative estimate of drug-likeness (QED) is 0.527. The highest BCUT2D eigenvalue weighted by Gasteiger charge is 2.18. The van der Waals surface area contributed by atoms with E-state index in [1.54, 1.807) is 7.05 Å². The third kappa shape index (κ3) is 1.32. The van der Waals surface area contributed by atoms with E-state index in [0.717, 1.165) is 5.82 Å². The summed E-state index contributed by atoms with van der Waals surface area (Å²) in [5.41, 5.74) is 0.00819. The molecule has 0 spiro atoms. The van der Waals surface area contributed by atoms with Gasteiger partial charge in [-0.05, 0) is 5.21 Å². The molecule has 0 amide bonds. The molecule has 0 aliphatic rings. The summed E-state index contributed by atoms with van der Waals surface area (Å²) in [5, 5.41) is 11.7. The second kappa shape index (κ2) is 2.04. The molecule has 0 unspecified atom stereocenters. The zero-order valence-corrected chi connectivity index (χ0v) is 6.79. The molecular formula is C6H12N4. The van der Waals surface area contributed by atoms with E-state index in [-0.39, 0.29) is 5.41 Å². The van der Waals surface area contributed by atoms with E-state index in [9.17, 15) is 0 Å². The van der Waals surface area contributed by atoms with E-state index >= 15 is 0 Å². The molecule has 0 bridgehead atoms. The Kier molecular flexibility index (Phi) is 1.46. The lowest BCUT2D eigenvalue weighted by molar-refractivity contribution is 0.538. The topological polar surface area (TPSA) is 43.6 Å². The molecule has 10 heavy (non-hydrogen) atoms. The fourth-order valence-electron chi connectivity index (χ4n) is 0.584. The summed E-state index contributed by atoms with van der Waals surface area (Å²) in [6.45, 7) is 6.18. The Hall–Kier alpha value is -0.930. The number of aryl methyl sites for hydroxylation is 1. The van der Waals surface area contributed by atoms with Gasteiger partial charge in [-0.3, -0.25) is 0 Å². The summed E-state index contributed by atoms with van der Waals surface area (Å²) in [6, 6.07) is 0. The number of tetrazole rings is 1. The lowest BCUT2D eigenvalue weighted by Gasteiger charge is -2.10. The van der Waals surface area contributed by atoms with E-state index < -0.39 is 0 Å². The van der Waals surface area contributed by atoms with Crippen molar-refractivity contribution in [2.24, 2.45) is 7.05 Å². The molecule has 0 saturated carbocycles. The molecule has 1 heterocycles. The molecule has 0 saturated heterocycles. The summed E-state index contributed by atoms with van der Waals surface area (Å²) >= 11 is 0. The Morgan fingerprint density at radius 2 is 1.90 bits per heavy atom. The fourth-order valence-corrected chi connectivity index (χ4v) is 0.584. The molecule has 1 rings (SSSR count). The van der Waals surface area contributed by atoms with Crippen LogP contribution in [0.1, 0.15) is 26.6 Å². The van der Waals surface area contributed by atoms with Crippen molar-refractivity contribution in [2.45, 2.75) is 26.2 Å². The van der Waals surface area contributed by atoms with Crippen LogP contribution < -0.4 is 0 Å². The minimum absolute atomic E-state index is 0.00819. The zero-order valence-electron chi connectivity index (χ0n) is 6.79. The lowest BCUT2D eigenvalue weighted by atomic mass is 9.96. The molecule has 0 atom stereocenters. The highest BCUT2D eigenvalue weighted by molar-refractivity contribution is 4.95. The van der Waals surface area contributed by atoms with Gasteiger partial charge in [0.1, 0.15) is 0 Å². The third-order valence-corrected chi connectivity index (χ3v) is 1.18. The monoisotopic (exact) mass is 140 g/mol. The van der Waals surface area contributed by atoms with E-state index in [4.69, 9.17) is 0 Å². The van der Waals surface area contributed by atoms with Gasteiger partial charge in [-0.1, -0.05) is 20.8 Å². The van der Waals surface area contributed by atoms with Gasteiger partial charge in [-0.25, -0.2) is 0 Å². The Morgan fingerprint density at radius 1 is 1.30 bits per heavy atom. The van der Waals surface area contributed by atoms with E-state index in [1.165, 1.54) is 4.80 Å². The fraction of sp³-hybridized carbons (Fsp3) is 0.833. The van der Waals surface area contributed by atoms with Crippen LogP contribution >= 0.6 is 0 Å². The highest BCUT2D eigenvalue weighted by atomic mass is 15.6. The first-order valence-electron chi connectivity index (χ1n) is 3.24. The molecule has 0 aliphatic carbocycles. The van der Waals surface area contributed by atoms with Gasteiger partial charge >= 0.3 is 0 Å². The van der Waals surface area contributed by atoms with Crippen LogP contribution in [0.4, 0.5) is 0 Å². The van der Waals surface area contributed by atoms with Crippen molar-refractivity contribution in [3.8, 4) is 0 Å². The normalized spacial score (nSPS) is 12.0. The summed E-state index contributed by atoms with van der Waals surface area (Å²) < 4.78 is 0. The van der Waals surface area contributed by atoms with Gasteiger partial charge in [-0.2, -0.15) is 4.80 Å². The molecule has 56 valence electrons. The van der Waals surface area contributed by atoms with Crippen molar-refractivity contribution in [1.82, 2.24) is 20.2 Å². The largest absolute Gasteiger partial charge is 0.180 e. The number of aromatic nitrogens is 4. The van der Waals surface area contributed by atoms with Gasteiger partial charge in [0.25, 0.3) is 0 Å². The van der Waals surface area contributed by atoms with Gasteiger partial charge in [0, 0.05) is 5.41 Å². The predicted molar refractivity (Wildman–Crippen MR) is 37.5 cm³/mol. The van der Waals surface area contributed by atoms with Crippen molar-refractivity contribution in [3.05, 3.63) is 5.82 Å². The van der Waals surface area contributed by atoms with Crippen molar-refractivity contribution in [2.75, 3.05) is 0 Å². The molecular weight excluding hydrogens is 128 g/mol. The van der Waals surface area contributed by atoms with Crippen molar-refractivity contribution < 1.29 is 0 Å². The van der Waals surface area contributed by atoms with Crippen LogP contribution in [0.2, 0.25) is 0 Å². The van der Waals surface area contributed by atoms with Gasteiger partial charge in [0.15, 0.2) is 5.82 Å². The Balaban J connectivity index is 2.96. The summed E-state index contributed by atoms with van der Waals surface area (Å²) in [4.78, 5) is 1.47. The molecule has 1 aromatic rings. The highest BCUT2D eigenvalue weighted by Crippen LogP contribution is 2.15. The molecule has 4 nitrogen and oxygen atoms in total. The number of nitrogens with zero attached hydrogens (tertiary/aromatic N) is 4. The molecule has 0 aromatic carbocycles. The maximum atomic E-state index is 4.08. The van der Waals surface area contributed by atoms with Crippen LogP contribution in [0, 0.1) is 0 Å². The standard InChI is InChI=1S/C6H12N4/c1-6(2,3)5-7-9-10(4)8-5/h1-4H3. The van der Waals surface area contributed by atoms with Crippen LogP contribution in [0.15, 0.2) is 0 Å². The first-order valence-corrected chi connectivity index (χ1v) is 3.24. The predicted octanol–water partition coefficient (Wildman–Crippen LogP) is 0.508. The lowest BCUT2D eigenvalue weighted by Crippen LogP contribution is -2.13. The zero-order chi connectivity index (χ0) is 7.78. The second-order valence-corrected chi connectivity index (χ2v) is 3.35. The second-order valence-electron chi connectivity index (χ2n) is 3.35. The minimum atomic E-state index is 0.00819. The van der Waals surface area contributed by atoms with Gasteiger partial charge in [-0.15, -0.1) is 10.2 Å². The van der Waals surface area contributed by atoms with Crippen LogP contribution in [-0.2, 0) is 12.5 Å². The van der Waals surface area contributed by atoms with E-state index in [0.29, 0.717) is 0 Å². The van der Waals surface area contributed by atoms with Crippen LogP contribution in [-0.4, -0.2) is 20.2 Å². The molecule has 0 N–H and O–H groups in total. The number of rotatable bonds is 0. The Morgan fingerprint density at radius 3 is 2.10 bits per heavy atom. The molecule has 0 aliphatic heterocycles.